The number of carbonyl (C=O) groups excluding carboxylic acids is 1. The highest BCUT2D eigenvalue weighted by molar-refractivity contribution is 7.10. The van der Waals surface area contributed by atoms with Gasteiger partial charge in [0.2, 0.25) is 5.91 Å². The topological polar surface area (TPSA) is 20.3 Å². The normalized spacial score (nSPS) is 25.9. The maximum atomic E-state index is 11.9. The van der Waals surface area contributed by atoms with Crippen molar-refractivity contribution in [3.63, 3.8) is 0 Å². The predicted octanol–water partition coefficient (Wildman–Crippen LogP) is 1.84. The van der Waals surface area contributed by atoms with Crippen molar-refractivity contribution in [3.8, 4) is 0 Å². The van der Waals surface area contributed by atoms with E-state index in [4.69, 9.17) is 0 Å². The fourth-order valence-corrected chi connectivity index (χ4v) is 3.54. The molecule has 0 saturated carbocycles. The molecule has 0 spiro atoms. The third kappa shape index (κ3) is 1.19. The van der Waals surface area contributed by atoms with Crippen LogP contribution in [0.4, 0.5) is 0 Å². The molecule has 14 heavy (non-hydrogen) atoms. The number of thiophene rings is 1. The summed E-state index contributed by atoms with van der Waals surface area (Å²) in [5.41, 5.74) is 1.27. The van der Waals surface area contributed by atoms with Crippen LogP contribution < -0.4 is 0 Å². The molecule has 3 heterocycles. The molecule has 1 aromatic rings. The van der Waals surface area contributed by atoms with Crippen molar-refractivity contribution in [1.82, 2.24) is 4.90 Å². The Bertz CT molecular complexity index is 371. The molecule has 3 heteroatoms. The maximum Gasteiger partial charge on any atom is 0.227 e. The van der Waals surface area contributed by atoms with Crippen LogP contribution in [-0.4, -0.2) is 23.4 Å². The van der Waals surface area contributed by atoms with E-state index in [2.05, 4.69) is 16.3 Å². The molecule has 2 aliphatic heterocycles. The van der Waals surface area contributed by atoms with Gasteiger partial charge in [-0.3, -0.25) is 4.79 Å². The molecule has 0 aliphatic carbocycles. The van der Waals surface area contributed by atoms with Crippen LogP contribution >= 0.6 is 11.3 Å². The molecule has 0 aromatic carbocycles. The van der Waals surface area contributed by atoms with Crippen LogP contribution in [0.2, 0.25) is 0 Å². The molecule has 2 aliphatic rings. The van der Waals surface area contributed by atoms with E-state index in [1.165, 1.54) is 23.3 Å². The zero-order valence-electron chi connectivity index (χ0n) is 8.03. The van der Waals surface area contributed by atoms with E-state index in [-0.39, 0.29) is 0 Å². The molecule has 74 valence electrons. The van der Waals surface area contributed by atoms with Gasteiger partial charge < -0.3 is 4.90 Å². The Morgan fingerprint density at radius 3 is 3.36 bits per heavy atom. The molecule has 2 nitrogen and oxygen atoms in total. The molecular formula is C11H13NOS. The quantitative estimate of drug-likeness (QED) is 0.635. The van der Waals surface area contributed by atoms with Crippen molar-refractivity contribution in [2.45, 2.75) is 31.7 Å². The van der Waals surface area contributed by atoms with E-state index in [0.29, 0.717) is 18.4 Å². The number of carbonyl (C=O) groups is 1. The van der Waals surface area contributed by atoms with Crippen molar-refractivity contribution >= 4 is 17.2 Å². The first-order valence-corrected chi connectivity index (χ1v) is 6.07. The Balaban J connectivity index is 1.98. The highest BCUT2D eigenvalue weighted by atomic mass is 32.1. The summed E-state index contributed by atoms with van der Waals surface area (Å²) in [5, 5.41) is 2.11. The zero-order chi connectivity index (χ0) is 9.54. The van der Waals surface area contributed by atoms with Crippen LogP contribution in [0.5, 0.6) is 0 Å². The Morgan fingerprint density at radius 1 is 1.50 bits per heavy atom. The lowest BCUT2D eigenvalue weighted by molar-refractivity contribution is -0.130. The summed E-state index contributed by atoms with van der Waals surface area (Å²) in [7, 11) is 0. The third-order valence-electron chi connectivity index (χ3n) is 3.30. The van der Waals surface area contributed by atoms with E-state index in [1.807, 2.05) is 11.3 Å². The van der Waals surface area contributed by atoms with Crippen molar-refractivity contribution in [1.29, 1.82) is 0 Å². The molecule has 1 atom stereocenters. The first-order valence-electron chi connectivity index (χ1n) is 5.19. The van der Waals surface area contributed by atoms with Crippen molar-refractivity contribution in [2.24, 2.45) is 0 Å². The summed E-state index contributed by atoms with van der Waals surface area (Å²) in [6.07, 6.45) is 4.12. The zero-order valence-corrected chi connectivity index (χ0v) is 8.85. The molecule has 1 aromatic heterocycles. The molecule has 3 rings (SSSR count). The minimum atomic E-state index is 0.338. The van der Waals surface area contributed by atoms with Crippen molar-refractivity contribution in [3.05, 3.63) is 21.9 Å². The highest BCUT2D eigenvalue weighted by Crippen LogP contribution is 2.30. The molecule has 1 saturated heterocycles. The van der Waals surface area contributed by atoms with Crippen molar-refractivity contribution in [2.75, 3.05) is 6.54 Å². The number of rotatable bonds is 0. The Hall–Kier alpha value is -0.830. The average molecular weight is 207 g/mol. The molecule has 1 unspecified atom stereocenters. The number of hydrogen-bond donors (Lipinski definition) is 0. The molecular weight excluding hydrogens is 194 g/mol. The van der Waals surface area contributed by atoms with Crippen LogP contribution in [0, 0.1) is 0 Å². The second-order valence-electron chi connectivity index (χ2n) is 4.13. The van der Waals surface area contributed by atoms with Gasteiger partial charge in [0.1, 0.15) is 0 Å². The molecule has 0 bridgehead atoms. The molecule has 0 N–H and O–H groups in total. The second-order valence-corrected chi connectivity index (χ2v) is 5.13. The SMILES string of the molecule is O=C1Cc2ccsc2CC2CCCN12. The van der Waals surface area contributed by atoms with Crippen molar-refractivity contribution < 1.29 is 4.79 Å². The molecule has 1 fully saturated rings. The van der Waals surface area contributed by atoms with Gasteiger partial charge in [-0.15, -0.1) is 11.3 Å². The van der Waals surface area contributed by atoms with Gasteiger partial charge in [0.05, 0.1) is 6.42 Å². The van der Waals surface area contributed by atoms with Crippen LogP contribution in [0.25, 0.3) is 0 Å². The Labute approximate surface area is 87.5 Å². The number of amides is 1. The smallest absolute Gasteiger partial charge is 0.227 e. The minimum absolute atomic E-state index is 0.338. The van der Waals surface area contributed by atoms with Gasteiger partial charge in [-0.1, -0.05) is 0 Å². The number of hydrogen-bond acceptors (Lipinski definition) is 2. The van der Waals surface area contributed by atoms with E-state index in [1.54, 1.807) is 0 Å². The summed E-state index contributed by atoms with van der Waals surface area (Å²) in [6, 6.07) is 2.61. The van der Waals surface area contributed by atoms with Gasteiger partial charge in [-0.05, 0) is 29.9 Å². The largest absolute Gasteiger partial charge is 0.339 e. The van der Waals surface area contributed by atoms with E-state index in [0.717, 1.165) is 13.0 Å². The molecule has 1 amide bonds. The van der Waals surface area contributed by atoms with Gasteiger partial charge in [0.15, 0.2) is 0 Å². The standard InChI is InChI=1S/C11H13NOS/c13-11-6-8-3-5-14-10(8)7-9-2-1-4-12(9)11/h3,5,9H,1-2,4,6-7H2. The first-order chi connectivity index (χ1) is 6.84. The third-order valence-corrected chi connectivity index (χ3v) is 4.28. The van der Waals surface area contributed by atoms with Crippen LogP contribution in [0.3, 0.4) is 0 Å². The van der Waals surface area contributed by atoms with Gasteiger partial charge in [-0.2, -0.15) is 0 Å². The van der Waals surface area contributed by atoms with Gasteiger partial charge in [0.25, 0.3) is 0 Å². The fraction of sp³-hybridized carbons (Fsp3) is 0.545. The lowest BCUT2D eigenvalue weighted by Gasteiger charge is -2.21. The number of fused-ring (bicyclic) bond motifs is 2. The second kappa shape index (κ2) is 3.09. The average Bonchev–Trinajstić information content (AvgIpc) is 2.75. The van der Waals surface area contributed by atoms with Crippen LogP contribution in [0.15, 0.2) is 11.4 Å². The lowest BCUT2D eigenvalue weighted by atomic mass is 10.1. The van der Waals surface area contributed by atoms with E-state index < -0.39 is 0 Å². The Kier molecular flexibility index (Phi) is 1.87. The lowest BCUT2D eigenvalue weighted by Crippen LogP contribution is -2.35. The summed E-state index contributed by atoms with van der Waals surface area (Å²) in [6.45, 7) is 0.985. The van der Waals surface area contributed by atoms with Crippen LogP contribution in [-0.2, 0) is 17.6 Å². The summed E-state index contributed by atoms with van der Waals surface area (Å²) in [4.78, 5) is 15.4. The first kappa shape index (κ1) is 8.48. The molecule has 0 radical (unpaired) electrons. The monoisotopic (exact) mass is 207 g/mol. The van der Waals surface area contributed by atoms with Gasteiger partial charge in [0, 0.05) is 23.9 Å². The predicted molar refractivity (Wildman–Crippen MR) is 56.5 cm³/mol. The highest BCUT2D eigenvalue weighted by Gasteiger charge is 2.32. The Morgan fingerprint density at radius 2 is 2.43 bits per heavy atom. The summed E-state index contributed by atoms with van der Waals surface area (Å²) >= 11 is 1.81. The van der Waals surface area contributed by atoms with E-state index >= 15 is 0 Å². The summed E-state index contributed by atoms with van der Waals surface area (Å²) < 4.78 is 0. The fourth-order valence-electron chi connectivity index (χ4n) is 2.56. The van der Waals surface area contributed by atoms with Gasteiger partial charge >= 0.3 is 0 Å². The number of nitrogens with zero attached hydrogens (tertiary/aromatic N) is 1. The van der Waals surface area contributed by atoms with Crippen LogP contribution in [0.1, 0.15) is 23.3 Å². The van der Waals surface area contributed by atoms with Gasteiger partial charge in [-0.25, -0.2) is 0 Å². The van der Waals surface area contributed by atoms with E-state index in [9.17, 15) is 4.79 Å². The minimum Gasteiger partial charge on any atom is -0.339 e. The summed E-state index contributed by atoms with van der Waals surface area (Å²) in [5.74, 6) is 0.338. The maximum absolute atomic E-state index is 11.9.